The topological polar surface area (TPSA) is 15.3 Å². The van der Waals surface area contributed by atoms with Crippen LogP contribution in [-0.2, 0) is 6.54 Å². The fraction of sp³-hybridized carbons (Fsp3) is 0.333. The molecule has 0 bridgehead atoms. The van der Waals surface area contributed by atoms with Crippen molar-refractivity contribution in [1.29, 1.82) is 0 Å². The summed E-state index contributed by atoms with van der Waals surface area (Å²) in [6, 6.07) is 15.5. The van der Waals surface area contributed by atoms with Gasteiger partial charge in [0.25, 0.3) is 0 Å². The summed E-state index contributed by atoms with van der Waals surface area (Å²) < 4.78 is 13.0. The van der Waals surface area contributed by atoms with Crippen molar-refractivity contribution >= 4 is 5.69 Å². The molecule has 112 valence electrons. The molecule has 0 spiro atoms. The molecule has 0 aliphatic heterocycles. The highest BCUT2D eigenvalue weighted by atomic mass is 19.1. The van der Waals surface area contributed by atoms with Gasteiger partial charge in [-0.3, -0.25) is 0 Å². The minimum absolute atomic E-state index is 0.192. The quantitative estimate of drug-likeness (QED) is 0.859. The van der Waals surface area contributed by atoms with Crippen LogP contribution in [0.1, 0.15) is 30.5 Å². The van der Waals surface area contributed by atoms with Crippen LogP contribution in [0.4, 0.5) is 10.1 Å². The summed E-state index contributed by atoms with van der Waals surface area (Å²) in [6.45, 7) is 2.94. The average Bonchev–Trinajstić information content (AvgIpc) is 2.51. The molecule has 0 heterocycles. The summed E-state index contributed by atoms with van der Waals surface area (Å²) in [4.78, 5) is 2.21. The van der Waals surface area contributed by atoms with Crippen LogP contribution in [0.3, 0.4) is 0 Å². The normalized spacial score (nSPS) is 12.2. The van der Waals surface area contributed by atoms with Gasteiger partial charge in [0, 0.05) is 25.3 Å². The van der Waals surface area contributed by atoms with Crippen LogP contribution in [-0.4, -0.2) is 14.1 Å². The highest BCUT2D eigenvalue weighted by molar-refractivity contribution is 5.54. The lowest BCUT2D eigenvalue weighted by Gasteiger charge is -2.26. The summed E-state index contributed by atoms with van der Waals surface area (Å²) >= 11 is 0. The summed E-state index contributed by atoms with van der Waals surface area (Å²) in [6.07, 6.45) is 1.04. The maximum absolute atomic E-state index is 13.0. The first-order valence-corrected chi connectivity index (χ1v) is 7.37. The molecule has 0 aromatic heterocycles. The Hall–Kier alpha value is -1.87. The van der Waals surface area contributed by atoms with E-state index in [-0.39, 0.29) is 5.82 Å². The van der Waals surface area contributed by atoms with Gasteiger partial charge in [0.15, 0.2) is 0 Å². The van der Waals surface area contributed by atoms with Gasteiger partial charge in [-0.05, 0) is 42.8 Å². The van der Waals surface area contributed by atoms with E-state index in [4.69, 9.17) is 0 Å². The van der Waals surface area contributed by atoms with Crippen LogP contribution in [0.5, 0.6) is 0 Å². The van der Waals surface area contributed by atoms with Crippen LogP contribution in [0.25, 0.3) is 0 Å². The first-order chi connectivity index (χ1) is 10.2. The van der Waals surface area contributed by atoms with E-state index < -0.39 is 0 Å². The van der Waals surface area contributed by atoms with E-state index in [0.717, 1.165) is 18.5 Å². The van der Waals surface area contributed by atoms with Crippen LogP contribution >= 0.6 is 0 Å². The van der Waals surface area contributed by atoms with E-state index in [9.17, 15) is 4.39 Å². The zero-order valence-electron chi connectivity index (χ0n) is 12.9. The molecule has 0 amide bonds. The number of hydrogen-bond donors (Lipinski definition) is 1. The molecule has 2 nitrogen and oxygen atoms in total. The third kappa shape index (κ3) is 3.82. The number of para-hydroxylation sites is 1. The molecule has 0 saturated heterocycles. The van der Waals surface area contributed by atoms with Crippen molar-refractivity contribution in [2.45, 2.75) is 25.9 Å². The molecule has 0 radical (unpaired) electrons. The number of nitrogens with zero attached hydrogens (tertiary/aromatic N) is 1. The van der Waals surface area contributed by atoms with Crippen LogP contribution in [0, 0.1) is 5.82 Å². The Labute approximate surface area is 126 Å². The van der Waals surface area contributed by atoms with E-state index in [1.165, 1.54) is 23.4 Å². The molecule has 1 N–H and O–H groups in total. The molecule has 3 heteroatoms. The van der Waals surface area contributed by atoms with Gasteiger partial charge in [-0.2, -0.15) is 0 Å². The average molecular weight is 286 g/mol. The van der Waals surface area contributed by atoms with Crippen molar-refractivity contribution in [3.63, 3.8) is 0 Å². The fourth-order valence-electron chi connectivity index (χ4n) is 2.66. The molecule has 21 heavy (non-hydrogen) atoms. The molecule has 1 atom stereocenters. The zero-order valence-corrected chi connectivity index (χ0v) is 12.9. The Balaban J connectivity index is 2.22. The number of halogens is 1. The second-order valence-electron chi connectivity index (χ2n) is 5.29. The second kappa shape index (κ2) is 7.23. The molecular formula is C18H23FN2. The standard InChI is InChI=1S/C18H23FN2/c1-4-17(20-2)16-7-5-6-8-18(16)21(3)13-14-9-11-15(19)12-10-14/h5-12,17,20H,4,13H2,1-3H3. The minimum Gasteiger partial charge on any atom is -0.370 e. The van der Waals surface area contributed by atoms with E-state index in [0.29, 0.717) is 6.04 Å². The van der Waals surface area contributed by atoms with Crippen molar-refractivity contribution in [3.8, 4) is 0 Å². The first-order valence-electron chi connectivity index (χ1n) is 7.37. The zero-order chi connectivity index (χ0) is 15.2. The van der Waals surface area contributed by atoms with E-state index in [1.807, 2.05) is 19.2 Å². The smallest absolute Gasteiger partial charge is 0.123 e. The van der Waals surface area contributed by atoms with Gasteiger partial charge in [0.2, 0.25) is 0 Å². The van der Waals surface area contributed by atoms with Gasteiger partial charge in [0.05, 0.1) is 0 Å². The van der Waals surface area contributed by atoms with Crippen molar-refractivity contribution < 1.29 is 4.39 Å². The number of rotatable bonds is 6. The van der Waals surface area contributed by atoms with Gasteiger partial charge >= 0.3 is 0 Å². The molecule has 2 aromatic carbocycles. The van der Waals surface area contributed by atoms with Crippen molar-refractivity contribution in [2.24, 2.45) is 0 Å². The minimum atomic E-state index is -0.192. The molecule has 0 aliphatic carbocycles. The Morgan fingerprint density at radius 1 is 1.10 bits per heavy atom. The Morgan fingerprint density at radius 2 is 1.76 bits per heavy atom. The van der Waals surface area contributed by atoms with Crippen molar-refractivity contribution in [2.75, 3.05) is 19.0 Å². The lowest BCUT2D eigenvalue weighted by atomic mass is 10.0. The Bertz CT molecular complexity index is 562. The summed E-state index contributed by atoms with van der Waals surface area (Å²) in [5.74, 6) is -0.192. The lowest BCUT2D eigenvalue weighted by Crippen LogP contribution is -2.22. The lowest BCUT2D eigenvalue weighted by molar-refractivity contribution is 0.575. The fourth-order valence-corrected chi connectivity index (χ4v) is 2.66. The number of hydrogen-bond acceptors (Lipinski definition) is 2. The van der Waals surface area contributed by atoms with Crippen LogP contribution in [0.15, 0.2) is 48.5 Å². The predicted molar refractivity (Wildman–Crippen MR) is 87.0 cm³/mol. The number of nitrogens with one attached hydrogen (secondary N) is 1. The first kappa shape index (κ1) is 15.5. The predicted octanol–water partition coefficient (Wildman–Crippen LogP) is 4.13. The highest BCUT2D eigenvalue weighted by Gasteiger charge is 2.14. The van der Waals surface area contributed by atoms with Gasteiger partial charge in [-0.25, -0.2) is 4.39 Å². The van der Waals surface area contributed by atoms with Crippen LogP contribution in [0.2, 0.25) is 0 Å². The molecule has 1 unspecified atom stereocenters. The van der Waals surface area contributed by atoms with Gasteiger partial charge in [0.1, 0.15) is 5.82 Å². The van der Waals surface area contributed by atoms with Gasteiger partial charge < -0.3 is 10.2 Å². The highest BCUT2D eigenvalue weighted by Crippen LogP contribution is 2.28. The van der Waals surface area contributed by atoms with E-state index in [2.05, 4.69) is 48.5 Å². The summed E-state index contributed by atoms with van der Waals surface area (Å²) in [5.41, 5.74) is 3.61. The van der Waals surface area contributed by atoms with E-state index in [1.54, 1.807) is 0 Å². The van der Waals surface area contributed by atoms with Crippen molar-refractivity contribution in [1.82, 2.24) is 5.32 Å². The molecule has 0 fully saturated rings. The maximum atomic E-state index is 13.0. The van der Waals surface area contributed by atoms with Gasteiger partial charge in [-0.1, -0.05) is 37.3 Å². The third-order valence-corrected chi connectivity index (χ3v) is 3.81. The summed E-state index contributed by atoms with van der Waals surface area (Å²) in [7, 11) is 4.06. The molecular weight excluding hydrogens is 263 g/mol. The number of anilines is 1. The monoisotopic (exact) mass is 286 g/mol. The van der Waals surface area contributed by atoms with Crippen molar-refractivity contribution in [3.05, 3.63) is 65.5 Å². The van der Waals surface area contributed by atoms with E-state index >= 15 is 0 Å². The van der Waals surface area contributed by atoms with Gasteiger partial charge in [-0.15, -0.1) is 0 Å². The largest absolute Gasteiger partial charge is 0.370 e. The SMILES string of the molecule is CCC(NC)c1ccccc1N(C)Cc1ccc(F)cc1. The Morgan fingerprint density at radius 3 is 2.38 bits per heavy atom. The number of benzene rings is 2. The maximum Gasteiger partial charge on any atom is 0.123 e. The molecule has 2 rings (SSSR count). The molecule has 2 aromatic rings. The second-order valence-corrected chi connectivity index (χ2v) is 5.29. The third-order valence-electron chi connectivity index (χ3n) is 3.81. The molecule has 0 aliphatic rings. The molecule has 0 saturated carbocycles. The Kier molecular flexibility index (Phi) is 5.34. The summed E-state index contributed by atoms with van der Waals surface area (Å²) in [5, 5.41) is 3.36. The van der Waals surface area contributed by atoms with Crippen LogP contribution < -0.4 is 10.2 Å².